The van der Waals surface area contributed by atoms with Crippen LogP contribution in [0.25, 0.3) is 11.3 Å². The molecule has 2 aromatic rings. The van der Waals surface area contributed by atoms with E-state index < -0.39 is 0 Å². The lowest BCUT2D eigenvalue weighted by Gasteiger charge is -2.01. The number of nitrogens with zero attached hydrogens (tertiary/aromatic N) is 1. The molecule has 92 valence electrons. The third kappa shape index (κ3) is 1.83. The van der Waals surface area contributed by atoms with Crippen LogP contribution in [-0.4, -0.2) is 4.98 Å². The largest absolute Gasteiger partial charge is 0.389 e. The van der Waals surface area contributed by atoms with Gasteiger partial charge in [0, 0.05) is 11.5 Å². The van der Waals surface area contributed by atoms with Crippen LogP contribution in [0.15, 0.2) is 24.3 Å². The molecule has 0 atom stereocenters. The number of rotatable bonds is 3. The Hall–Kier alpha value is -1.35. The first kappa shape index (κ1) is 10.6. The van der Waals surface area contributed by atoms with Crippen LogP contribution in [0.2, 0.25) is 0 Å². The fourth-order valence-electron chi connectivity index (χ4n) is 2.39. The van der Waals surface area contributed by atoms with Gasteiger partial charge >= 0.3 is 0 Å². The standard InChI is InChI=1S/C15H16N2S/c16-14-13(17-15(18-14)12-7-8-12)11-5-3-10(4-6-11)9-1-2-9/h3-6,9,12H,1-2,7-8,16H2. The van der Waals surface area contributed by atoms with Crippen LogP contribution < -0.4 is 5.73 Å². The highest BCUT2D eigenvalue weighted by molar-refractivity contribution is 7.16. The van der Waals surface area contributed by atoms with Crippen molar-refractivity contribution in [1.29, 1.82) is 0 Å². The third-order valence-electron chi connectivity index (χ3n) is 3.83. The van der Waals surface area contributed by atoms with E-state index in [4.69, 9.17) is 10.7 Å². The topological polar surface area (TPSA) is 38.9 Å². The van der Waals surface area contributed by atoms with Crippen molar-refractivity contribution in [2.24, 2.45) is 0 Å². The van der Waals surface area contributed by atoms with Gasteiger partial charge in [-0.15, -0.1) is 11.3 Å². The highest BCUT2D eigenvalue weighted by Crippen LogP contribution is 2.45. The lowest BCUT2D eigenvalue weighted by atomic mass is 10.1. The molecule has 3 heteroatoms. The molecular weight excluding hydrogens is 240 g/mol. The minimum atomic E-state index is 0.691. The van der Waals surface area contributed by atoms with E-state index in [1.165, 1.54) is 41.8 Å². The van der Waals surface area contributed by atoms with Crippen molar-refractivity contribution >= 4 is 16.3 Å². The summed E-state index contributed by atoms with van der Waals surface area (Å²) in [6.07, 6.45) is 5.27. The van der Waals surface area contributed by atoms with Crippen molar-refractivity contribution in [2.45, 2.75) is 37.5 Å². The number of nitrogen functional groups attached to an aromatic ring is 1. The Balaban J connectivity index is 1.68. The second-order valence-corrected chi connectivity index (χ2v) is 6.50. The molecule has 0 radical (unpaired) electrons. The summed E-state index contributed by atoms with van der Waals surface area (Å²) in [6.45, 7) is 0. The maximum Gasteiger partial charge on any atom is 0.114 e. The number of benzene rings is 1. The first-order valence-corrected chi connectivity index (χ1v) is 7.49. The quantitative estimate of drug-likeness (QED) is 0.896. The van der Waals surface area contributed by atoms with E-state index in [0.29, 0.717) is 5.92 Å². The summed E-state index contributed by atoms with van der Waals surface area (Å²) < 4.78 is 0. The van der Waals surface area contributed by atoms with E-state index in [-0.39, 0.29) is 0 Å². The molecule has 0 amide bonds. The predicted octanol–water partition coefficient (Wildman–Crippen LogP) is 4.15. The molecule has 1 aromatic heterocycles. The average molecular weight is 256 g/mol. The Morgan fingerprint density at radius 1 is 1.00 bits per heavy atom. The summed E-state index contributed by atoms with van der Waals surface area (Å²) in [5, 5.41) is 2.10. The number of aromatic nitrogens is 1. The van der Waals surface area contributed by atoms with Crippen LogP contribution in [0.4, 0.5) is 5.00 Å². The number of hydrogen-bond donors (Lipinski definition) is 1. The van der Waals surface area contributed by atoms with Crippen molar-refractivity contribution in [3.63, 3.8) is 0 Å². The van der Waals surface area contributed by atoms with Gasteiger partial charge in [-0.1, -0.05) is 24.3 Å². The van der Waals surface area contributed by atoms with Gasteiger partial charge in [0.1, 0.15) is 10.7 Å². The molecule has 2 fully saturated rings. The summed E-state index contributed by atoms with van der Waals surface area (Å²) in [5.41, 5.74) is 9.73. The first-order chi connectivity index (χ1) is 8.81. The van der Waals surface area contributed by atoms with Crippen LogP contribution >= 0.6 is 11.3 Å². The maximum absolute atomic E-state index is 6.11. The second kappa shape index (κ2) is 3.82. The van der Waals surface area contributed by atoms with Gasteiger partial charge in [0.15, 0.2) is 0 Å². The predicted molar refractivity (Wildman–Crippen MR) is 75.9 cm³/mol. The summed E-state index contributed by atoms with van der Waals surface area (Å²) in [6, 6.07) is 8.83. The highest BCUT2D eigenvalue weighted by Gasteiger charge is 2.28. The summed E-state index contributed by atoms with van der Waals surface area (Å²) in [4.78, 5) is 4.73. The lowest BCUT2D eigenvalue weighted by molar-refractivity contribution is 1.08. The van der Waals surface area contributed by atoms with E-state index in [1.807, 2.05) is 0 Å². The average Bonchev–Trinajstić information content (AvgIpc) is 3.27. The molecule has 1 heterocycles. The van der Waals surface area contributed by atoms with Crippen LogP contribution in [0.3, 0.4) is 0 Å². The lowest BCUT2D eigenvalue weighted by Crippen LogP contribution is -1.87. The van der Waals surface area contributed by atoms with Gasteiger partial charge in [-0.05, 0) is 37.2 Å². The molecule has 0 bridgehead atoms. The van der Waals surface area contributed by atoms with Gasteiger partial charge in [-0.3, -0.25) is 0 Å². The smallest absolute Gasteiger partial charge is 0.114 e. The van der Waals surface area contributed by atoms with E-state index >= 15 is 0 Å². The molecule has 2 N–H and O–H groups in total. The van der Waals surface area contributed by atoms with Crippen molar-refractivity contribution in [3.05, 3.63) is 34.8 Å². The molecule has 0 saturated heterocycles. The molecule has 18 heavy (non-hydrogen) atoms. The molecule has 2 aliphatic carbocycles. The van der Waals surface area contributed by atoms with Gasteiger partial charge in [0.25, 0.3) is 0 Å². The summed E-state index contributed by atoms with van der Waals surface area (Å²) >= 11 is 1.67. The SMILES string of the molecule is Nc1sc(C2CC2)nc1-c1ccc(C2CC2)cc1. The van der Waals surface area contributed by atoms with Gasteiger partial charge in [0.2, 0.25) is 0 Å². The number of nitrogens with two attached hydrogens (primary N) is 1. The van der Waals surface area contributed by atoms with Crippen molar-refractivity contribution in [2.75, 3.05) is 5.73 Å². The Morgan fingerprint density at radius 3 is 2.28 bits per heavy atom. The Labute approximate surface area is 111 Å². The van der Waals surface area contributed by atoms with Gasteiger partial charge in [0.05, 0.1) is 5.01 Å². The van der Waals surface area contributed by atoms with Crippen molar-refractivity contribution in [1.82, 2.24) is 4.98 Å². The fourth-order valence-corrected chi connectivity index (χ4v) is 3.42. The van der Waals surface area contributed by atoms with Gasteiger partial charge in [-0.2, -0.15) is 0 Å². The van der Waals surface area contributed by atoms with Crippen LogP contribution in [0.5, 0.6) is 0 Å². The zero-order chi connectivity index (χ0) is 12.1. The summed E-state index contributed by atoms with van der Waals surface area (Å²) in [7, 11) is 0. The maximum atomic E-state index is 6.11. The Morgan fingerprint density at radius 2 is 1.67 bits per heavy atom. The minimum Gasteiger partial charge on any atom is -0.389 e. The van der Waals surface area contributed by atoms with Crippen LogP contribution in [0.1, 0.15) is 48.1 Å². The molecule has 0 unspecified atom stereocenters. The normalized spacial score (nSPS) is 19.1. The molecule has 2 nitrogen and oxygen atoms in total. The van der Waals surface area contributed by atoms with Gasteiger partial charge in [-0.25, -0.2) is 4.98 Å². The minimum absolute atomic E-state index is 0.691. The number of hydrogen-bond acceptors (Lipinski definition) is 3. The molecular formula is C15H16N2S. The van der Waals surface area contributed by atoms with E-state index in [9.17, 15) is 0 Å². The first-order valence-electron chi connectivity index (χ1n) is 6.68. The zero-order valence-corrected chi connectivity index (χ0v) is 11.0. The summed E-state index contributed by atoms with van der Waals surface area (Å²) in [5.74, 6) is 1.51. The molecule has 2 aliphatic rings. The molecule has 0 aliphatic heterocycles. The second-order valence-electron chi connectivity index (χ2n) is 5.44. The van der Waals surface area contributed by atoms with Gasteiger partial charge < -0.3 is 5.73 Å². The van der Waals surface area contributed by atoms with E-state index in [1.54, 1.807) is 11.3 Å². The van der Waals surface area contributed by atoms with E-state index in [0.717, 1.165) is 16.6 Å². The van der Waals surface area contributed by atoms with Crippen LogP contribution in [-0.2, 0) is 0 Å². The third-order valence-corrected chi connectivity index (χ3v) is 4.88. The van der Waals surface area contributed by atoms with E-state index in [2.05, 4.69) is 24.3 Å². The van der Waals surface area contributed by atoms with Crippen molar-refractivity contribution in [3.8, 4) is 11.3 Å². The Kier molecular flexibility index (Phi) is 2.24. The van der Waals surface area contributed by atoms with Crippen LogP contribution in [0, 0.1) is 0 Å². The molecule has 2 saturated carbocycles. The Bertz CT molecular complexity index is 577. The van der Waals surface area contributed by atoms with Crippen molar-refractivity contribution < 1.29 is 0 Å². The molecule has 4 rings (SSSR count). The molecule has 1 aromatic carbocycles. The number of thiazole rings is 1. The molecule has 0 spiro atoms. The zero-order valence-electron chi connectivity index (χ0n) is 10.2. The monoisotopic (exact) mass is 256 g/mol. The fraction of sp³-hybridized carbons (Fsp3) is 0.400. The highest BCUT2D eigenvalue weighted by atomic mass is 32.1. The number of anilines is 1.